The van der Waals surface area contributed by atoms with E-state index in [1.54, 1.807) is 6.92 Å². The number of halogens is 2. The van der Waals surface area contributed by atoms with Crippen molar-refractivity contribution < 1.29 is 13.9 Å². The molecule has 0 saturated carbocycles. The highest BCUT2D eigenvalue weighted by Gasteiger charge is 2.12. The van der Waals surface area contributed by atoms with Crippen molar-refractivity contribution in [1.82, 2.24) is 0 Å². The molecule has 3 nitrogen and oxygen atoms in total. The quantitative estimate of drug-likeness (QED) is 0.657. The van der Waals surface area contributed by atoms with Gasteiger partial charge in [-0.2, -0.15) is 0 Å². The number of carbonyl (C=O) groups excluding carboxylic acids is 1. The van der Waals surface area contributed by atoms with Crippen molar-refractivity contribution in [1.29, 1.82) is 0 Å². The average Bonchev–Trinajstić information content (AvgIpc) is 2.13. The van der Waals surface area contributed by atoms with E-state index in [0.29, 0.717) is 0 Å². The zero-order valence-electron chi connectivity index (χ0n) is 7.51. The minimum Gasteiger partial charge on any atom is -0.462 e. The van der Waals surface area contributed by atoms with Crippen molar-refractivity contribution in [3.8, 4) is 0 Å². The van der Waals surface area contributed by atoms with E-state index in [2.05, 4.69) is 15.9 Å². The Balaban J connectivity index is 3.06. The lowest BCUT2D eigenvalue weighted by molar-refractivity contribution is 0.0526. The fourth-order valence-corrected chi connectivity index (χ4v) is 1.17. The maximum Gasteiger partial charge on any atom is 0.338 e. The summed E-state index contributed by atoms with van der Waals surface area (Å²) in [6.45, 7) is 1.92. The summed E-state index contributed by atoms with van der Waals surface area (Å²) < 4.78 is 18.0. The van der Waals surface area contributed by atoms with Crippen molar-refractivity contribution >= 4 is 27.6 Å². The van der Waals surface area contributed by atoms with Gasteiger partial charge in [0, 0.05) is 5.69 Å². The minimum absolute atomic E-state index is 0.116. The molecule has 0 atom stereocenters. The fourth-order valence-electron chi connectivity index (χ4n) is 0.943. The molecule has 0 fully saturated rings. The lowest BCUT2D eigenvalue weighted by atomic mass is 10.2. The average molecular weight is 262 g/mol. The Morgan fingerprint density at radius 1 is 1.64 bits per heavy atom. The number of hydrogen-bond acceptors (Lipinski definition) is 3. The van der Waals surface area contributed by atoms with Gasteiger partial charge in [0.2, 0.25) is 0 Å². The summed E-state index contributed by atoms with van der Waals surface area (Å²) in [5.74, 6) is -1.15. The van der Waals surface area contributed by atoms with Crippen molar-refractivity contribution in [3.05, 3.63) is 28.0 Å². The molecule has 1 aromatic rings. The van der Waals surface area contributed by atoms with E-state index in [4.69, 9.17) is 10.5 Å². The van der Waals surface area contributed by atoms with Gasteiger partial charge in [-0.3, -0.25) is 0 Å². The SMILES string of the molecule is CCOC(=O)c1cc(N)c(Br)c(F)c1. The molecule has 0 unspecified atom stereocenters. The molecule has 0 aliphatic heterocycles. The number of ether oxygens (including phenoxy) is 1. The van der Waals surface area contributed by atoms with Crippen LogP contribution in [0.2, 0.25) is 0 Å². The standard InChI is InChI=1S/C9H9BrFNO2/c1-2-14-9(13)5-3-6(11)8(10)7(12)4-5/h3-4H,2,12H2,1H3. The second kappa shape index (κ2) is 4.41. The normalized spacial score (nSPS) is 9.93. The molecule has 0 spiro atoms. The van der Waals surface area contributed by atoms with Crippen LogP contribution < -0.4 is 5.73 Å². The highest BCUT2D eigenvalue weighted by Crippen LogP contribution is 2.24. The van der Waals surface area contributed by atoms with Gasteiger partial charge >= 0.3 is 5.97 Å². The Hall–Kier alpha value is -1.10. The smallest absolute Gasteiger partial charge is 0.338 e. The van der Waals surface area contributed by atoms with Gasteiger partial charge in [-0.05, 0) is 35.0 Å². The second-order valence-electron chi connectivity index (χ2n) is 2.58. The first-order valence-corrected chi connectivity index (χ1v) is 4.77. The predicted octanol–water partition coefficient (Wildman–Crippen LogP) is 2.35. The van der Waals surface area contributed by atoms with E-state index >= 15 is 0 Å². The number of nitrogen functional groups attached to an aromatic ring is 1. The number of anilines is 1. The number of hydrogen-bond donors (Lipinski definition) is 1. The molecule has 5 heteroatoms. The van der Waals surface area contributed by atoms with Gasteiger partial charge in [0.15, 0.2) is 0 Å². The van der Waals surface area contributed by atoms with Crippen molar-refractivity contribution in [3.63, 3.8) is 0 Å². The zero-order valence-corrected chi connectivity index (χ0v) is 9.10. The van der Waals surface area contributed by atoms with Crippen molar-refractivity contribution in [2.75, 3.05) is 12.3 Å². The topological polar surface area (TPSA) is 52.3 Å². The van der Waals surface area contributed by atoms with E-state index in [-0.39, 0.29) is 22.3 Å². The molecule has 0 radical (unpaired) electrons. The highest BCUT2D eigenvalue weighted by molar-refractivity contribution is 9.10. The highest BCUT2D eigenvalue weighted by atomic mass is 79.9. The summed E-state index contributed by atoms with van der Waals surface area (Å²) in [6.07, 6.45) is 0. The number of benzene rings is 1. The maximum absolute atomic E-state index is 13.1. The number of esters is 1. The summed E-state index contributed by atoms with van der Waals surface area (Å²) >= 11 is 2.95. The van der Waals surface area contributed by atoms with E-state index in [9.17, 15) is 9.18 Å². The second-order valence-corrected chi connectivity index (χ2v) is 3.37. The van der Waals surface area contributed by atoms with E-state index in [0.717, 1.165) is 6.07 Å². The van der Waals surface area contributed by atoms with Crippen molar-refractivity contribution in [2.45, 2.75) is 6.92 Å². The van der Waals surface area contributed by atoms with Crippen LogP contribution >= 0.6 is 15.9 Å². The summed E-state index contributed by atoms with van der Waals surface area (Å²) in [6, 6.07) is 2.45. The summed E-state index contributed by atoms with van der Waals surface area (Å²) in [7, 11) is 0. The van der Waals surface area contributed by atoms with Gasteiger partial charge < -0.3 is 10.5 Å². The van der Waals surface area contributed by atoms with E-state index in [1.165, 1.54) is 6.07 Å². The number of carbonyl (C=O) groups is 1. The lowest BCUT2D eigenvalue weighted by Gasteiger charge is -2.04. The molecule has 0 amide bonds. The Bertz CT molecular complexity index is 345. The Morgan fingerprint density at radius 2 is 2.29 bits per heavy atom. The van der Waals surface area contributed by atoms with Gasteiger partial charge in [0.05, 0.1) is 16.6 Å². The molecule has 0 saturated heterocycles. The number of nitrogens with two attached hydrogens (primary N) is 1. The Labute approximate surface area is 89.2 Å². The third-order valence-electron chi connectivity index (χ3n) is 1.57. The summed E-state index contributed by atoms with van der Waals surface area (Å²) in [4.78, 5) is 11.2. The zero-order chi connectivity index (χ0) is 10.7. The maximum atomic E-state index is 13.1. The van der Waals surface area contributed by atoms with E-state index in [1.807, 2.05) is 0 Å². The summed E-state index contributed by atoms with van der Waals surface area (Å²) in [5, 5.41) is 0. The molecule has 1 rings (SSSR count). The fraction of sp³-hybridized carbons (Fsp3) is 0.222. The van der Waals surface area contributed by atoms with Crippen LogP contribution in [-0.4, -0.2) is 12.6 Å². The number of rotatable bonds is 2. The molecule has 0 aliphatic rings. The van der Waals surface area contributed by atoms with Gasteiger partial charge in [-0.15, -0.1) is 0 Å². The third kappa shape index (κ3) is 2.23. The molecule has 0 heterocycles. The van der Waals surface area contributed by atoms with Crippen LogP contribution in [0.15, 0.2) is 16.6 Å². The van der Waals surface area contributed by atoms with Crippen molar-refractivity contribution in [2.24, 2.45) is 0 Å². The Kier molecular flexibility index (Phi) is 3.46. The largest absolute Gasteiger partial charge is 0.462 e. The van der Waals surface area contributed by atoms with Crippen LogP contribution in [0.3, 0.4) is 0 Å². The van der Waals surface area contributed by atoms with Crippen LogP contribution in [0.25, 0.3) is 0 Å². The van der Waals surface area contributed by atoms with Gasteiger partial charge in [-0.1, -0.05) is 0 Å². The lowest BCUT2D eigenvalue weighted by Crippen LogP contribution is -2.06. The molecule has 0 bridgehead atoms. The van der Waals surface area contributed by atoms with Crippen LogP contribution in [-0.2, 0) is 4.74 Å². The first-order chi connectivity index (χ1) is 6.56. The molecule has 2 N–H and O–H groups in total. The summed E-state index contributed by atoms with van der Waals surface area (Å²) in [5.41, 5.74) is 5.75. The molecular weight excluding hydrogens is 253 g/mol. The first kappa shape index (κ1) is 11.0. The van der Waals surface area contributed by atoms with Gasteiger partial charge in [-0.25, -0.2) is 9.18 Å². The third-order valence-corrected chi connectivity index (χ3v) is 2.40. The van der Waals surface area contributed by atoms with Gasteiger partial charge in [0.1, 0.15) is 5.82 Å². The van der Waals surface area contributed by atoms with Crippen LogP contribution in [0.4, 0.5) is 10.1 Å². The van der Waals surface area contributed by atoms with E-state index < -0.39 is 11.8 Å². The Morgan fingerprint density at radius 3 is 2.79 bits per heavy atom. The van der Waals surface area contributed by atoms with Gasteiger partial charge in [0.25, 0.3) is 0 Å². The van der Waals surface area contributed by atoms with Crippen LogP contribution in [0.1, 0.15) is 17.3 Å². The molecule has 0 aromatic heterocycles. The monoisotopic (exact) mass is 261 g/mol. The molecule has 14 heavy (non-hydrogen) atoms. The molecule has 76 valence electrons. The molecule has 1 aromatic carbocycles. The van der Waals surface area contributed by atoms with Crippen LogP contribution in [0.5, 0.6) is 0 Å². The molecule has 0 aliphatic carbocycles. The predicted molar refractivity (Wildman–Crippen MR) is 54.5 cm³/mol. The minimum atomic E-state index is -0.578. The first-order valence-electron chi connectivity index (χ1n) is 3.98. The van der Waals surface area contributed by atoms with Crippen LogP contribution in [0, 0.1) is 5.82 Å². The molecular formula is C9H9BrFNO2.